The van der Waals surface area contributed by atoms with Crippen molar-refractivity contribution in [1.29, 1.82) is 0 Å². The molecule has 1 aromatic rings. The molecule has 0 aliphatic rings. The van der Waals surface area contributed by atoms with E-state index in [1.807, 2.05) is 0 Å². The molecule has 106 valence electrons. The van der Waals surface area contributed by atoms with Gasteiger partial charge in [-0.3, -0.25) is 4.79 Å². The molecule has 1 rings (SSSR count). The van der Waals surface area contributed by atoms with Crippen LogP contribution in [0, 0.1) is 0 Å². The minimum atomic E-state index is 0.219. The summed E-state index contributed by atoms with van der Waals surface area (Å²) in [7, 11) is 2.08. The summed E-state index contributed by atoms with van der Waals surface area (Å²) in [5.41, 5.74) is 2.96. The smallest absolute Gasteiger partial charge is 0.131 e. The van der Waals surface area contributed by atoms with Crippen LogP contribution in [0.4, 0.5) is 0 Å². The highest BCUT2D eigenvalue weighted by molar-refractivity contribution is 5.75. The van der Waals surface area contributed by atoms with Gasteiger partial charge in [-0.2, -0.15) is 0 Å². The second kappa shape index (κ2) is 6.85. The molecule has 0 atom stereocenters. The zero-order valence-electron chi connectivity index (χ0n) is 13.0. The molecule has 0 heterocycles. The van der Waals surface area contributed by atoms with Crippen molar-refractivity contribution in [2.24, 2.45) is 0 Å². The largest absolute Gasteiger partial charge is 0.306 e. The van der Waals surface area contributed by atoms with E-state index in [4.69, 9.17) is 0 Å². The van der Waals surface area contributed by atoms with Gasteiger partial charge in [0.2, 0.25) is 0 Å². The van der Waals surface area contributed by atoms with Crippen molar-refractivity contribution < 1.29 is 4.79 Å². The predicted molar refractivity (Wildman–Crippen MR) is 81.6 cm³/mol. The molecule has 1 aromatic carbocycles. The maximum Gasteiger partial charge on any atom is 0.131 e. The van der Waals surface area contributed by atoms with Crippen LogP contribution in [0.3, 0.4) is 0 Å². The van der Waals surface area contributed by atoms with E-state index in [-0.39, 0.29) is 11.2 Å². The molecule has 2 heteroatoms. The lowest BCUT2D eigenvalue weighted by molar-refractivity contribution is -0.117. The molecule has 0 amide bonds. The Bertz CT molecular complexity index is 400. The van der Waals surface area contributed by atoms with Crippen molar-refractivity contribution in [1.82, 2.24) is 4.90 Å². The monoisotopic (exact) mass is 261 g/mol. The number of carbonyl (C=O) groups excluding carboxylic acids is 1. The van der Waals surface area contributed by atoms with Gasteiger partial charge in [0, 0.05) is 19.5 Å². The topological polar surface area (TPSA) is 20.3 Å². The minimum Gasteiger partial charge on any atom is -0.306 e. The van der Waals surface area contributed by atoms with Gasteiger partial charge >= 0.3 is 0 Å². The lowest BCUT2D eigenvalue weighted by Crippen LogP contribution is -2.23. The molecule has 19 heavy (non-hydrogen) atoms. The van der Waals surface area contributed by atoms with Gasteiger partial charge in [-0.25, -0.2) is 0 Å². The maximum absolute atomic E-state index is 10.9. The molecule has 2 nitrogen and oxygen atoms in total. The van der Waals surface area contributed by atoms with Gasteiger partial charge in [0.05, 0.1) is 0 Å². The molecular formula is C17H27NO. The van der Waals surface area contributed by atoms with E-state index < -0.39 is 0 Å². The number of likely N-dealkylation sites (N-methyl/N-ethyl adjacent to an activating group) is 1. The fraction of sp³-hybridized carbons (Fsp3) is 0.588. The zero-order valence-corrected chi connectivity index (χ0v) is 13.0. The normalized spacial score (nSPS) is 11.9. The Morgan fingerprint density at radius 2 is 1.68 bits per heavy atom. The molecule has 0 saturated heterocycles. The summed E-state index contributed by atoms with van der Waals surface area (Å²) in [4.78, 5) is 13.1. The summed E-state index contributed by atoms with van der Waals surface area (Å²) >= 11 is 0. The Hall–Kier alpha value is -1.15. The molecule has 0 aromatic heterocycles. The van der Waals surface area contributed by atoms with Crippen LogP contribution >= 0.6 is 0 Å². The zero-order chi connectivity index (χ0) is 14.5. The first-order valence-electron chi connectivity index (χ1n) is 7.06. The van der Waals surface area contributed by atoms with Crippen LogP contribution in [0.15, 0.2) is 24.3 Å². The van der Waals surface area contributed by atoms with Crippen LogP contribution in [-0.4, -0.2) is 30.8 Å². The van der Waals surface area contributed by atoms with Crippen molar-refractivity contribution in [3.63, 3.8) is 0 Å². The highest BCUT2D eigenvalue weighted by Crippen LogP contribution is 2.22. The molecule has 0 saturated carbocycles. The van der Waals surface area contributed by atoms with Gasteiger partial charge in [-0.1, -0.05) is 45.0 Å². The number of hydrogen-bond acceptors (Lipinski definition) is 2. The highest BCUT2D eigenvalue weighted by Gasteiger charge is 2.12. The van der Waals surface area contributed by atoms with Gasteiger partial charge < -0.3 is 4.90 Å². The van der Waals surface area contributed by atoms with Gasteiger partial charge in [0.15, 0.2) is 0 Å². The average molecular weight is 261 g/mol. The fourth-order valence-corrected chi connectivity index (χ4v) is 1.95. The third kappa shape index (κ3) is 6.02. The minimum absolute atomic E-state index is 0.219. The molecule has 0 bridgehead atoms. The van der Waals surface area contributed by atoms with Crippen molar-refractivity contribution in [2.45, 2.75) is 46.0 Å². The Labute approximate surface area is 117 Å². The molecule has 0 aliphatic heterocycles. The SMILES string of the molecule is CC(=O)CCN(C)CCc1ccc(C(C)(C)C)cc1. The average Bonchev–Trinajstić information content (AvgIpc) is 2.33. The van der Waals surface area contributed by atoms with E-state index in [0.29, 0.717) is 6.42 Å². The third-order valence-corrected chi connectivity index (χ3v) is 3.45. The number of Topliss-reactive ketones (excluding diaryl/α,β-unsaturated/α-hetero) is 1. The lowest BCUT2D eigenvalue weighted by Gasteiger charge is -2.20. The van der Waals surface area contributed by atoms with Crippen molar-refractivity contribution in [3.8, 4) is 0 Å². The molecule has 0 fully saturated rings. The van der Waals surface area contributed by atoms with Gasteiger partial charge in [0.1, 0.15) is 5.78 Å². The molecule has 0 unspecified atom stereocenters. The standard InChI is InChI=1S/C17H27NO/c1-14(19)10-12-18(5)13-11-15-6-8-16(9-7-15)17(2,3)4/h6-9H,10-13H2,1-5H3. The van der Waals surface area contributed by atoms with Crippen molar-refractivity contribution >= 4 is 5.78 Å². The van der Waals surface area contributed by atoms with Crippen LogP contribution in [0.25, 0.3) is 0 Å². The predicted octanol–water partition coefficient (Wildman–Crippen LogP) is 3.44. The summed E-state index contributed by atoms with van der Waals surface area (Å²) in [6, 6.07) is 8.90. The Morgan fingerprint density at radius 1 is 1.11 bits per heavy atom. The van der Waals surface area contributed by atoms with Crippen LogP contribution in [0.2, 0.25) is 0 Å². The number of benzene rings is 1. The molecular weight excluding hydrogens is 234 g/mol. The number of carbonyl (C=O) groups is 1. The summed E-state index contributed by atoms with van der Waals surface area (Å²) in [5, 5.41) is 0. The van der Waals surface area contributed by atoms with Gasteiger partial charge in [-0.05, 0) is 36.9 Å². The van der Waals surface area contributed by atoms with Crippen molar-refractivity contribution in [3.05, 3.63) is 35.4 Å². The van der Waals surface area contributed by atoms with Crippen LogP contribution in [0.1, 0.15) is 45.2 Å². The first-order valence-corrected chi connectivity index (χ1v) is 7.06. The first kappa shape index (κ1) is 15.9. The highest BCUT2D eigenvalue weighted by atomic mass is 16.1. The van der Waals surface area contributed by atoms with E-state index in [2.05, 4.69) is 57.0 Å². The van der Waals surface area contributed by atoms with Crippen LogP contribution in [-0.2, 0) is 16.6 Å². The van der Waals surface area contributed by atoms with Crippen LogP contribution < -0.4 is 0 Å². The molecule has 0 spiro atoms. The number of hydrogen-bond donors (Lipinski definition) is 0. The summed E-state index contributed by atoms with van der Waals surface area (Å²) < 4.78 is 0. The number of nitrogens with zero attached hydrogens (tertiary/aromatic N) is 1. The fourth-order valence-electron chi connectivity index (χ4n) is 1.95. The summed E-state index contributed by atoms with van der Waals surface area (Å²) in [5.74, 6) is 0.265. The van der Waals surface area contributed by atoms with E-state index >= 15 is 0 Å². The quantitative estimate of drug-likeness (QED) is 0.782. The Balaban J connectivity index is 2.44. The van der Waals surface area contributed by atoms with Crippen molar-refractivity contribution in [2.75, 3.05) is 20.1 Å². The van der Waals surface area contributed by atoms with Gasteiger partial charge in [0.25, 0.3) is 0 Å². The molecule has 0 aliphatic carbocycles. The van der Waals surface area contributed by atoms with E-state index in [0.717, 1.165) is 19.5 Å². The van der Waals surface area contributed by atoms with Crippen LogP contribution in [0.5, 0.6) is 0 Å². The first-order chi connectivity index (χ1) is 8.79. The maximum atomic E-state index is 10.9. The van der Waals surface area contributed by atoms with E-state index in [1.165, 1.54) is 11.1 Å². The number of ketones is 1. The summed E-state index contributed by atoms with van der Waals surface area (Å²) in [6.45, 7) is 10.2. The van der Waals surface area contributed by atoms with E-state index in [1.54, 1.807) is 6.92 Å². The Morgan fingerprint density at radius 3 is 2.16 bits per heavy atom. The van der Waals surface area contributed by atoms with E-state index in [9.17, 15) is 4.79 Å². The molecule has 0 radical (unpaired) electrons. The Kier molecular flexibility index (Phi) is 5.74. The second-order valence-corrected chi connectivity index (χ2v) is 6.45. The lowest BCUT2D eigenvalue weighted by atomic mass is 9.86. The third-order valence-electron chi connectivity index (χ3n) is 3.45. The second-order valence-electron chi connectivity index (χ2n) is 6.45. The summed E-state index contributed by atoms with van der Waals surface area (Å²) in [6.07, 6.45) is 1.69. The molecule has 0 N–H and O–H groups in total. The van der Waals surface area contributed by atoms with Gasteiger partial charge in [-0.15, -0.1) is 0 Å². The number of rotatable bonds is 6.